The normalized spacial score (nSPS) is 12.2. The predicted octanol–water partition coefficient (Wildman–Crippen LogP) is 32.8. The van der Waals surface area contributed by atoms with Gasteiger partial charge in [-0.3, -0.25) is 0 Å². The fourth-order valence-corrected chi connectivity index (χ4v) is 18.2. The molecule has 0 unspecified atom stereocenters. The lowest BCUT2D eigenvalue weighted by atomic mass is 9.80. The van der Waals surface area contributed by atoms with Crippen molar-refractivity contribution in [3.63, 3.8) is 0 Å². The maximum atomic E-state index is 2.46. The van der Waals surface area contributed by atoms with Crippen LogP contribution in [0.1, 0.15) is 126 Å². The van der Waals surface area contributed by atoms with Crippen LogP contribution in [0.3, 0.4) is 0 Å². The third-order valence-electron chi connectivity index (χ3n) is 23.8. The van der Waals surface area contributed by atoms with Crippen molar-refractivity contribution >= 4 is 86.2 Å². The minimum atomic E-state index is 0.00537. The molecule has 0 radical (unpaired) electrons. The first-order valence-corrected chi connectivity index (χ1v) is 40.6. The quantitative estimate of drug-likeness (QED) is 0.120. The summed E-state index contributed by atoms with van der Waals surface area (Å²) in [5, 5.41) is 21.1. The van der Waals surface area contributed by atoms with Crippen molar-refractivity contribution in [3.05, 3.63) is 409 Å². The van der Waals surface area contributed by atoms with Crippen LogP contribution in [0.2, 0.25) is 0 Å². The number of fused-ring (bicyclic) bond motifs is 11. The Morgan fingerprint density at radius 3 is 1.08 bits per heavy atom. The Hall–Kier alpha value is -12.7. The van der Waals surface area contributed by atoms with Gasteiger partial charge in [0.25, 0.3) is 0 Å². The lowest BCUT2D eigenvalue weighted by molar-refractivity contribution is 0.660. The van der Waals surface area contributed by atoms with Crippen molar-refractivity contribution < 1.29 is 0 Å². The van der Waals surface area contributed by atoms with Crippen LogP contribution in [0.5, 0.6) is 0 Å². The maximum absolute atomic E-state index is 2.46. The van der Waals surface area contributed by atoms with Crippen LogP contribution in [0.25, 0.3) is 164 Å². The summed E-state index contributed by atoms with van der Waals surface area (Å²) in [7, 11) is 0. The molecule has 0 saturated carbocycles. The highest BCUT2D eigenvalue weighted by molar-refractivity contribution is 6.24. The molecule has 0 spiro atoms. The highest BCUT2D eigenvalue weighted by Gasteiger charge is 2.36. The van der Waals surface area contributed by atoms with Gasteiger partial charge < -0.3 is 0 Å². The monoisotopic (exact) mass is 1450 g/mol. The lowest BCUT2D eigenvalue weighted by Crippen LogP contribution is -2.14. The van der Waals surface area contributed by atoms with Crippen molar-refractivity contribution in [2.75, 3.05) is 0 Å². The Morgan fingerprint density at radius 1 is 0.186 bits per heavy atom. The SMILES string of the molecule is CC(C)c1c2ccccc2c(-c2ccc3c(c2)C(C)(C)c2ccccc2-3)c2ccccc12.CC(C)c1ccc(-c2c3ccccc3c(-c3cccc4ccccc34)c3ccccc23)cc1.CC(C)c1cccc(-c2c3ccccc3c(-c3ccccc3)c3ccccc23)c1.CC(C)c1ccccc1-c1ccc2ccccc2c1. The highest BCUT2D eigenvalue weighted by Crippen LogP contribution is 2.52. The van der Waals surface area contributed by atoms with E-state index in [0.717, 1.165) is 0 Å². The first-order chi connectivity index (χ1) is 55.2. The van der Waals surface area contributed by atoms with E-state index in [1.807, 2.05) is 0 Å². The Labute approximate surface area is 667 Å². The molecule has 19 aromatic carbocycles. The van der Waals surface area contributed by atoms with Crippen LogP contribution >= 0.6 is 0 Å². The zero-order valence-corrected chi connectivity index (χ0v) is 66.6. The highest BCUT2D eigenvalue weighted by atomic mass is 14.4. The van der Waals surface area contributed by atoms with E-state index in [9.17, 15) is 0 Å². The molecule has 0 saturated heterocycles. The van der Waals surface area contributed by atoms with E-state index in [2.05, 4.69) is 445 Å². The minimum Gasteiger partial charge on any atom is -0.0622 e. The molecule has 20 rings (SSSR count). The third kappa shape index (κ3) is 13.8. The molecule has 0 bridgehead atoms. The average molecular weight is 1450 g/mol. The smallest absolute Gasteiger partial charge is 0.0159 e. The molecule has 0 N–H and O–H groups in total. The molecule has 113 heavy (non-hydrogen) atoms. The second-order valence-corrected chi connectivity index (χ2v) is 32.4. The molecule has 19 aromatic rings. The summed E-state index contributed by atoms with van der Waals surface area (Å²) in [6, 6.07) is 138. The van der Waals surface area contributed by atoms with Gasteiger partial charge in [-0.15, -0.1) is 0 Å². The molecule has 0 aliphatic heterocycles. The van der Waals surface area contributed by atoms with Gasteiger partial charge >= 0.3 is 0 Å². The van der Waals surface area contributed by atoms with Crippen molar-refractivity contribution in [2.45, 2.75) is 98.3 Å². The second kappa shape index (κ2) is 31.2. The van der Waals surface area contributed by atoms with E-state index >= 15 is 0 Å². The van der Waals surface area contributed by atoms with Gasteiger partial charge in [-0.1, -0.05) is 433 Å². The standard InChI is InChI=1S/C33H26.C32H28.C29H24.C19H18/c1-22(2)23-18-20-25(21-19-23)32-28-13-5-7-15-30(28)33(31-16-8-6-14-29(31)32)27-17-9-11-24-10-3-4-12-26(24)27;1-20(2)30-24-12-5-7-14-26(24)31(27-15-8-6-13-25(27)30)21-17-18-23-22-11-9-10-16-28(22)32(3,4)29(23)19-21;1-20(2)22-13-10-14-23(19-22)29-26-17-8-6-15-24(26)28(21-11-4-3-5-12-21)25-16-7-9-18-27(25)29;1-14(2)18-9-5-6-10-19(18)17-12-11-15-7-3-4-8-16(15)13-17/h3-22H,1-2H3;5-20H,1-4H3;3-20H,1-2H3;3-14H,1-2H3. The molecule has 1 aliphatic rings. The summed E-state index contributed by atoms with van der Waals surface area (Å²) in [6.45, 7) is 22.9. The van der Waals surface area contributed by atoms with Crippen LogP contribution in [0.4, 0.5) is 0 Å². The molecule has 0 nitrogen and oxygen atoms in total. The Balaban J connectivity index is 0.000000111. The Bertz CT molecular complexity index is 6580. The van der Waals surface area contributed by atoms with Crippen LogP contribution in [0, 0.1) is 0 Å². The van der Waals surface area contributed by atoms with Gasteiger partial charge in [0.1, 0.15) is 0 Å². The van der Waals surface area contributed by atoms with Crippen molar-refractivity contribution in [2.24, 2.45) is 0 Å². The third-order valence-corrected chi connectivity index (χ3v) is 23.8. The molecule has 1 aliphatic carbocycles. The molecular formula is C113H96. The van der Waals surface area contributed by atoms with Gasteiger partial charge in [-0.25, -0.2) is 0 Å². The fourth-order valence-electron chi connectivity index (χ4n) is 18.2. The summed E-state index contributed by atoms with van der Waals surface area (Å²) >= 11 is 0. The van der Waals surface area contributed by atoms with Gasteiger partial charge in [0.2, 0.25) is 0 Å². The summed E-state index contributed by atoms with van der Waals surface area (Å²) < 4.78 is 0. The Morgan fingerprint density at radius 2 is 0.549 bits per heavy atom. The molecule has 548 valence electrons. The molecule has 0 heteroatoms. The Kier molecular flexibility index (Phi) is 20.2. The summed E-state index contributed by atoms with van der Waals surface area (Å²) in [5.41, 5.74) is 27.0. The number of hydrogen-bond donors (Lipinski definition) is 0. The minimum absolute atomic E-state index is 0.00537. The molecule has 0 atom stereocenters. The van der Waals surface area contributed by atoms with Gasteiger partial charge in [0, 0.05) is 5.41 Å². The first-order valence-electron chi connectivity index (χ1n) is 40.6. The van der Waals surface area contributed by atoms with E-state index < -0.39 is 0 Å². The lowest BCUT2D eigenvalue weighted by Gasteiger charge is -2.23. The maximum Gasteiger partial charge on any atom is 0.0159 e. The van der Waals surface area contributed by atoms with E-state index in [1.165, 1.54) is 197 Å². The van der Waals surface area contributed by atoms with E-state index in [-0.39, 0.29) is 5.41 Å². The zero-order valence-electron chi connectivity index (χ0n) is 66.6. The fraction of sp³-hybridized carbons (Fsp3) is 0.133. The summed E-state index contributed by atoms with van der Waals surface area (Å²) in [6.07, 6.45) is 0. The van der Waals surface area contributed by atoms with Crippen molar-refractivity contribution in [1.82, 2.24) is 0 Å². The van der Waals surface area contributed by atoms with Crippen molar-refractivity contribution in [1.29, 1.82) is 0 Å². The zero-order chi connectivity index (χ0) is 77.4. The topological polar surface area (TPSA) is 0 Å². The molecule has 0 heterocycles. The first kappa shape index (κ1) is 73.1. The number of benzene rings is 19. The van der Waals surface area contributed by atoms with Gasteiger partial charge in [0.15, 0.2) is 0 Å². The molecule has 0 fully saturated rings. The van der Waals surface area contributed by atoms with Crippen molar-refractivity contribution in [3.8, 4) is 77.9 Å². The number of rotatable bonds is 10. The average Bonchev–Trinajstić information content (AvgIpc) is 1.68. The molecular weight excluding hydrogens is 1360 g/mol. The van der Waals surface area contributed by atoms with E-state index in [4.69, 9.17) is 0 Å². The van der Waals surface area contributed by atoms with E-state index in [0.29, 0.717) is 23.7 Å². The summed E-state index contributed by atoms with van der Waals surface area (Å²) in [5.74, 6) is 2.05. The molecule has 0 aromatic heterocycles. The van der Waals surface area contributed by atoms with Gasteiger partial charge in [0.05, 0.1) is 0 Å². The largest absolute Gasteiger partial charge is 0.0622 e. The predicted molar refractivity (Wildman–Crippen MR) is 492 cm³/mol. The number of hydrogen-bond acceptors (Lipinski definition) is 0. The second-order valence-electron chi connectivity index (χ2n) is 32.4. The molecule has 0 amide bonds. The van der Waals surface area contributed by atoms with Crippen LogP contribution in [-0.2, 0) is 5.41 Å². The van der Waals surface area contributed by atoms with Crippen LogP contribution in [0.15, 0.2) is 376 Å². The van der Waals surface area contributed by atoms with Gasteiger partial charge in [-0.2, -0.15) is 0 Å². The summed E-state index contributed by atoms with van der Waals surface area (Å²) in [4.78, 5) is 0. The van der Waals surface area contributed by atoms with Crippen LogP contribution in [-0.4, -0.2) is 0 Å². The van der Waals surface area contributed by atoms with Crippen LogP contribution < -0.4 is 0 Å². The van der Waals surface area contributed by atoms with Gasteiger partial charge in [-0.05, 0) is 233 Å². The van der Waals surface area contributed by atoms with E-state index in [1.54, 1.807) is 0 Å².